The summed E-state index contributed by atoms with van der Waals surface area (Å²) in [6.07, 6.45) is 1.23. The molecule has 1 atom stereocenters. The zero-order chi connectivity index (χ0) is 12.8. The van der Waals surface area contributed by atoms with E-state index in [1.165, 1.54) is 16.7 Å². The number of halogens is 1. The molecule has 3 heteroatoms. The number of carbonyl (C=O) groups is 1. The van der Waals surface area contributed by atoms with Crippen LogP contribution in [0, 0.1) is 13.8 Å². The van der Waals surface area contributed by atoms with E-state index in [1.54, 1.807) is 0 Å². The van der Waals surface area contributed by atoms with Crippen LogP contribution in [-0.2, 0) is 4.79 Å². The Morgan fingerprint density at radius 2 is 2.12 bits per heavy atom. The maximum Gasteiger partial charge on any atom is 0.220 e. The highest BCUT2D eigenvalue weighted by atomic mass is 35.5. The first kappa shape index (κ1) is 14.0. The third-order valence-electron chi connectivity index (χ3n) is 2.81. The Hall–Kier alpha value is -1.02. The topological polar surface area (TPSA) is 29.1 Å². The van der Waals surface area contributed by atoms with Crippen molar-refractivity contribution < 1.29 is 4.79 Å². The summed E-state index contributed by atoms with van der Waals surface area (Å²) in [5, 5.41) is 2.99. The SMILES string of the molecule is Cc1ccc(C(C)NC(=O)CCCCl)c(C)c1. The molecule has 0 fully saturated rings. The first-order chi connectivity index (χ1) is 8.04. The zero-order valence-electron chi connectivity index (χ0n) is 10.7. The Bertz CT molecular complexity index is 390. The fourth-order valence-corrected chi connectivity index (χ4v) is 2.06. The standard InChI is InChI=1S/C14H20ClNO/c1-10-6-7-13(11(2)9-10)12(3)16-14(17)5-4-8-15/h6-7,9,12H,4-5,8H2,1-3H3,(H,16,17). The largest absolute Gasteiger partial charge is 0.350 e. The molecule has 94 valence electrons. The lowest BCUT2D eigenvalue weighted by molar-refractivity contribution is -0.121. The Morgan fingerprint density at radius 1 is 1.41 bits per heavy atom. The summed E-state index contributed by atoms with van der Waals surface area (Å²) in [6, 6.07) is 6.34. The summed E-state index contributed by atoms with van der Waals surface area (Å²) in [4.78, 5) is 11.6. The van der Waals surface area contributed by atoms with Gasteiger partial charge in [-0.2, -0.15) is 0 Å². The van der Waals surface area contributed by atoms with Gasteiger partial charge in [-0.05, 0) is 38.3 Å². The lowest BCUT2D eigenvalue weighted by Gasteiger charge is -2.17. The van der Waals surface area contributed by atoms with Gasteiger partial charge in [-0.15, -0.1) is 11.6 Å². The molecule has 0 heterocycles. The van der Waals surface area contributed by atoms with Crippen LogP contribution < -0.4 is 5.32 Å². The quantitative estimate of drug-likeness (QED) is 0.800. The second-order valence-electron chi connectivity index (χ2n) is 4.44. The number of carbonyl (C=O) groups excluding carboxylic acids is 1. The van der Waals surface area contributed by atoms with Gasteiger partial charge >= 0.3 is 0 Å². The third kappa shape index (κ3) is 4.39. The van der Waals surface area contributed by atoms with Crippen LogP contribution in [0.3, 0.4) is 0 Å². The second-order valence-corrected chi connectivity index (χ2v) is 4.82. The zero-order valence-corrected chi connectivity index (χ0v) is 11.5. The number of aryl methyl sites for hydroxylation is 2. The number of nitrogens with one attached hydrogen (secondary N) is 1. The maximum absolute atomic E-state index is 11.6. The summed E-state index contributed by atoms with van der Waals surface area (Å²) < 4.78 is 0. The molecule has 2 nitrogen and oxygen atoms in total. The van der Waals surface area contributed by atoms with Gasteiger partial charge in [0.2, 0.25) is 5.91 Å². The fourth-order valence-electron chi connectivity index (χ4n) is 1.93. The molecule has 0 saturated carbocycles. The number of amides is 1. The van der Waals surface area contributed by atoms with Gasteiger partial charge in [-0.1, -0.05) is 23.8 Å². The lowest BCUT2D eigenvalue weighted by Crippen LogP contribution is -2.26. The Morgan fingerprint density at radius 3 is 2.71 bits per heavy atom. The highest BCUT2D eigenvalue weighted by Crippen LogP contribution is 2.18. The molecule has 0 aromatic heterocycles. The van der Waals surface area contributed by atoms with E-state index in [0.29, 0.717) is 12.3 Å². The molecule has 1 aromatic carbocycles. The molecule has 1 unspecified atom stereocenters. The molecule has 0 spiro atoms. The number of benzene rings is 1. The van der Waals surface area contributed by atoms with Crippen LogP contribution in [0.15, 0.2) is 18.2 Å². The van der Waals surface area contributed by atoms with Crippen LogP contribution in [0.25, 0.3) is 0 Å². The Balaban J connectivity index is 2.63. The van der Waals surface area contributed by atoms with Gasteiger partial charge in [-0.3, -0.25) is 4.79 Å². The molecule has 1 N–H and O–H groups in total. The minimum Gasteiger partial charge on any atom is -0.350 e. The molecule has 17 heavy (non-hydrogen) atoms. The van der Waals surface area contributed by atoms with Crippen LogP contribution in [-0.4, -0.2) is 11.8 Å². The summed E-state index contributed by atoms with van der Waals surface area (Å²) >= 11 is 5.56. The van der Waals surface area contributed by atoms with Crippen molar-refractivity contribution in [3.8, 4) is 0 Å². The predicted molar refractivity (Wildman–Crippen MR) is 72.4 cm³/mol. The van der Waals surface area contributed by atoms with Crippen molar-refractivity contribution in [2.24, 2.45) is 0 Å². The van der Waals surface area contributed by atoms with Gasteiger partial charge in [0.25, 0.3) is 0 Å². The molecule has 0 aliphatic rings. The smallest absolute Gasteiger partial charge is 0.220 e. The summed E-state index contributed by atoms with van der Waals surface area (Å²) in [6.45, 7) is 6.15. The van der Waals surface area contributed by atoms with Crippen molar-refractivity contribution in [3.63, 3.8) is 0 Å². The van der Waals surface area contributed by atoms with E-state index in [2.05, 4.69) is 37.4 Å². The third-order valence-corrected chi connectivity index (χ3v) is 3.07. The normalized spacial score (nSPS) is 12.2. The number of hydrogen-bond donors (Lipinski definition) is 1. The van der Waals surface area contributed by atoms with Crippen molar-refractivity contribution in [1.29, 1.82) is 0 Å². The van der Waals surface area contributed by atoms with E-state index in [4.69, 9.17) is 11.6 Å². The van der Waals surface area contributed by atoms with E-state index < -0.39 is 0 Å². The van der Waals surface area contributed by atoms with E-state index in [9.17, 15) is 4.79 Å². The van der Waals surface area contributed by atoms with Crippen molar-refractivity contribution >= 4 is 17.5 Å². The summed E-state index contributed by atoms with van der Waals surface area (Å²) in [5.41, 5.74) is 3.64. The average Bonchev–Trinajstić information content (AvgIpc) is 2.26. The van der Waals surface area contributed by atoms with Crippen LogP contribution in [0.1, 0.15) is 42.5 Å². The van der Waals surface area contributed by atoms with Gasteiger partial charge < -0.3 is 5.32 Å². The molecular formula is C14H20ClNO. The molecule has 1 rings (SSSR count). The van der Waals surface area contributed by atoms with Gasteiger partial charge in [-0.25, -0.2) is 0 Å². The Kier molecular flexibility index (Phi) is 5.49. The van der Waals surface area contributed by atoms with Crippen LogP contribution in [0.5, 0.6) is 0 Å². The fraction of sp³-hybridized carbons (Fsp3) is 0.500. The highest BCUT2D eigenvalue weighted by Gasteiger charge is 2.11. The number of alkyl halides is 1. The maximum atomic E-state index is 11.6. The van der Waals surface area contributed by atoms with Gasteiger partial charge in [0.1, 0.15) is 0 Å². The van der Waals surface area contributed by atoms with Crippen LogP contribution in [0.4, 0.5) is 0 Å². The number of hydrogen-bond acceptors (Lipinski definition) is 1. The van der Waals surface area contributed by atoms with E-state index in [-0.39, 0.29) is 11.9 Å². The molecule has 0 aliphatic carbocycles. The minimum absolute atomic E-state index is 0.0541. The van der Waals surface area contributed by atoms with Crippen molar-refractivity contribution in [1.82, 2.24) is 5.32 Å². The molecule has 0 saturated heterocycles. The van der Waals surface area contributed by atoms with Crippen molar-refractivity contribution in [3.05, 3.63) is 34.9 Å². The van der Waals surface area contributed by atoms with Gasteiger partial charge in [0, 0.05) is 12.3 Å². The van der Waals surface area contributed by atoms with Crippen molar-refractivity contribution in [2.45, 2.75) is 39.7 Å². The highest BCUT2D eigenvalue weighted by molar-refractivity contribution is 6.17. The molecule has 1 aromatic rings. The van der Waals surface area contributed by atoms with Gasteiger partial charge in [0.05, 0.1) is 6.04 Å². The van der Waals surface area contributed by atoms with Crippen LogP contribution >= 0.6 is 11.6 Å². The van der Waals surface area contributed by atoms with E-state index in [1.807, 2.05) is 6.92 Å². The molecule has 0 radical (unpaired) electrons. The lowest BCUT2D eigenvalue weighted by atomic mass is 10.0. The van der Waals surface area contributed by atoms with Crippen LogP contribution in [0.2, 0.25) is 0 Å². The average molecular weight is 254 g/mol. The van der Waals surface area contributed by atoms with Crippen molar-refractivity contribution in [2.75, 3.05) is 5.88 Å². The summed E-state index contributed by atoms with van der Waals surface area (Å²) in [7, 11) is 0. The second kappa shape index (κ2) is 6.65. The minimum atomic E-state index is 0.0541. The number of rotatable bonds is 5. The Labute approximate surface area is 108 Å². The van der Waals surface area contributed by atoms with Gasteiger partial charge in [0.15, 0.2) is 0 Å². The monoisotopic (exact) mass is 253 g/mol. The molecule has 0 aliphatic heterocycles. The predicted octanol–water partition coefficient (Wildman–Crippen LogP) is 3.50. The van der Waals surface area contributed by atoms with E-state index in [0.717, 1.165) is 6.42 Å². The summed E-state index contributed by atoms with van der Waals surface area (Å²) in [5.74, 6) is 0.601. The first-order valence-corrected chi connectivity index (χ1v) is 6.50. The first-order valence-electron chi connectivity index (χ1n) is 5.97. The molecular weight excluding hydrogens is 234 g/mol. The molecule has 0 bridgehead atoms. The van der Waals surface area contributed by atoms with E-state index >= 15 is 0 Å². The molecule has 1 amide bonds.